The minimum Gasteiger partial charge on any atom is -0.396 e. The molecule has 1 amide bonds. The Hall–Kier alpha value is -0.610. The summed E-state index contributed by atoms with van der Waals surface area (Å²) in [6, 6.07) is 1.01. The number of aliphatic hydroxyl groups is 1. The first-order chi connectivity index (χ1) is 10.1. The maximum absolute atomic E-state index is 12.6. The lowest BCUT2D eigenvalue weighted by Crippen LogP contribution is -2.49. The van der Waals surface area contributed by atoms with Crippen molar-refractivity contribution in [1.29, 1.82) is 0 Å². The van der Waals surface area contributed by atoms with E-state index in [9.17, 15) is 4.79 Å². The van der Waals surface area contributed by atoms with Crippen LogP contribution in [0.3, 0.4) is 0 Å². The molecule has 0 aromatic rings. The van der Waals surface area contributed by atoms with Crippen LogP contribution in [0.2, 0.25) is 0 Å². The second kappa shape index (κ2) is 8.14. The summed E-state index contributed by atoms with van der Waals surface area (Å²) in [6.45, 7) is 3.91. The fourth-order valence-electron chi connectivity index (χ4n) is 3.54. The third-order valence-corrected chi connectivity index (χ3v) is 5.46. The van der Waals surface area contributed by atoms with Crippen LogP contribution in [0.15, 0.2) is 0 Å². The Morgan fingerprint density at radius 3 is 2.29 bits per heavy atom. The largest absolute Gasteiger partial charge is 0.396 e. The number of hydrogen-bond donors (Lipinski definition) is 1. The van der Waals surface area contributed by atoms with Gasteiger partial charge in [0.15, 0.2) is 0 Å². The molecule has 122 valence electrons. The van der Waals surface area contributed by atoms with Crippen LogP contribution in [0.4, 0.5) is 0 Å². The van der Waals surface area contributed by atoms with E-state index < -0.39 is 0 Å². The highest BCUT2D eigenvalue weighted by Crippen LogP contribution is 2.28. The first kappa shape index (κ1) is 16.8. The van der Waals surface area contributed by atoms with Gasteiger partial charge in [0.05, 0.1) is 6.54 Å². The van der Waals surface area contributed by atoms with Gasteiger partial charge in [-0.1, -0.05) is 13.3 Å². The van der Waals surface area contributed by atoms with Crippen LogP contribution < -0.4 is 0 Å². The van der Waals surface area contributed by atoms with Crippen molar-refractivity contribution in [2.24, 2.45) is 5.92 Å². The van der Waals surface area contributed by atoms with Crippen LogP contribution in [0.1, 0.15) is 58.3 Å². The molecule has 21 heavy (non-hydrogen) atoms. The molecule has 2 aliphatic rings. The molecule has 2 fully saturated rings. The zero-order chi connectivity index (χ0) is 15.2. The van der Waals surface area contributed by atoms with Gasteiger partial charge < -0.3 is 10.0 Å². The highest BCUT2D eigenvalue weighted by Gasteiger charge is 2.29. The van der Waals surface area contributed by atoms with Crippen molar-refractivity contribution in [3.8, 4) is 0 Å². The molecule has 0 radical (unpaired) electrons. The Morgan fingerprint density at radius 2 is 1.76 bits per heavy atom. The van der Waals surface area contributed by atoms with Gasteiger partial charge in [0.2, 0.25) is 5.91 Å². The molecule has 1 N–H and O–H groups in total. The van der Waals surface area contributed by atoms with Gasteiger partial charge in [-0.25, -0.2) is 0 Å². The summed E-state index contributed by atoms with van der Waals surface area (Å²) in [5.74, 6) is 1.08. The molecule has 0 aromatic carbocycles. The lowest BCUT2D eigenvalue weighted by molar-refractivity contribution is -0.135. The lowest BCUT2D eigenvalue weighted by atomic mass is 9.86. The van der Waals surface area contributed by atoms with E-state index >= 15 is 0 Å². The molecule has 0 heterocycles. The predicted molar refractivity (Wildman–Crippen MR) is 85.1 cm³/mol. The third-order valence-electron chi connectivity index (χ3n) is 5.46. The molecular formula is C17H32N2O2. The smallest absolute Gasteiger partial charge is 0.236 e. The zero-order valence-corrected chi connectivity index (χ0v) is 13.8. The van der Waals surface area contributed by atoms with Crippen molar-refractivity contribution in [3.05, 3.63) is 0 Å². The topological polar surface area (TPSA) is 43.8 Å². The number of carbonyl (C=O) groups is 1. The Balaban J connectivity index is 1.82. The molecule has 0 aliphatic heterocycles. The minimum atomic E-state index is 0.216. The number of hydrogen-bond acceptors (Lipinski definition) is 3. The van der Waals surface area contributed by atoms with Crippen LogP contribution >= 0.6 is 0 Å². The standard InChI is InChI=1S/C17H32N2O2/c1-14-7-9-15(10-8-14)18(2)17(21)13-19(11-4-12-20)16-5-3-6-16/h14-16,20H,3-13H2,1-2H3. The van der Waals surface area contributed by atoms with Crippen LogP contribution in [-0.2, 0) is 4.79 Å². The van der Waals surface area contributed by atoms with Gasteiger partial charge in [0, 0.05) is 32.3 Å². The fourth-order valence-corrected chi connectivity index (χ4v) is 3.54. The average molecular weight is 296 g/mol. The SMILES string of the molecule is CC1CCC(N(C)C(=O)CN(CCCO)C2CCC2)CC1. The fraction of sp³-hybridized carbons (Fsp3) is 0.941. The molecule has 4 heteroatoms. The maximum Gasteiger partial charge on any atom is 0.236 e. The van der Waals surface area contributed by atoms with E-state index in [1.165, 1.54) is 32.1 Å². The second-order valence-electron chi connectivity index (χ2n) is 7.05. The molecule has 0 spiro atoms. The van der Waals surface area contributed by atoms with E-state index in [-0.39, 0.29) is 12.5 Å². The van der Waals surface area contributed by atoms with Crippen LogP contribution in [0.25, 0.3) is 0 Å². The van der Waals surface area contributed by atoms with E-state index in [2.05, 4.69) is 11.8 Å². The summed E-state index contributed by atoms with van der Waals surface area (Å²) < 4.78 is 0. The maximum atomic E-state index is 12.6. The molecular weight excluding hydrogens is 264 g/mol. The summed E-state index contributed by atoms with van der Waals surface area (Å²) in [5, 5.41) is 9.04. The van der Waals surface area contributed by atoms with Crippen LogP contribution in [0, 0.1) is 5.92 Å². The van der Waals surface area contributed by atoms with Gasteiger partial charge in [0.25, 0.3) is 0 Å². The van der Waals surface area contributed by atoms with Crippen LogP contribution in [-0.4, -0.2) is 59.6 Å². The highest BCUT2D eigenvalue weighted by molar-refractivity contribution is 5.78. The molecule has 2 rings (SSSR count). The van der Waals surface area contributed by atoms with Crippen molar-refractivity contribution in [1.82, 2.24) is 9.80 Å². The van der Waals surface area contributed by atoms with Crippen molar-refractivity contribution in [2.45, 2.75) is 70.4 Å². The number of likely N-dealkylation sites (N-methyl/N-ethyl adjacent to an activating group) is 1. The van der Waals surface area contributed by atoms with Gasteiger partial charge >= 0.3 is 0 Å². The van der Waals surface area contributed by atoms with Crippen LogP contribution in [0.5, 0.6) is 0 Å². The number of carbonyl (C=O) groups excluding carboxylic acids is 1. The first-order valence-electron chi connectivity index (χ1n) is 8.72. The third kappa shape index (κ3) is 4.68. The van der Waals surface area contributed by atoms with Gasteiger partial charge in [-0.2, -0.15) is 0 Å². The summed E-state index contributed by atoms with van der Waals surface area (Å²) in [7, 11) is 1.98. The van der Waals surface area contributed by atoms with Gasteiger partial charge in [0.1, 0.15) is 0 Å². The van der Waals surface area contributed by atoms with Gasteiger partial charge in [-0.15, -0.1) is 0 Å². The normalized spacial score (nSPS) is 26.7. The Morgan fingerprint density at radius 1 is 1.10 bits per heavy atom. The average Bonchev–Trinajstić information content (AvgIpc) is 2.42. The molecule has 2 aliphatic carbocycles. The molecule has 0 unspecified atom stereocenters. The minimum absolute atomic E-state index is 0.216. The van der Waals surface area contributed by atoms with E-state index in [0.717, 1.165) is 31.7 Å². The van der Waals surface area contributed by atoms with E-state index in [1.807, 2.05) is 11.9 Å². The number of amides is 1. The molecule has 0 atom stereocenters. The molecule has 4 nitrogen and oxygen atoms in total. The monoisotopic (exact) mass is 296 g/mol. The Labute approximate surface area is 129 Å². The highest BCUT2D eigenvalue weighted by atomic mass is 16.3. The lowest BCUT2D eigenvalue weighted by Gasteiger charge is -2.39. The molecule has 0 aromatic heterocycles. The van der Waals surface area contributed by atoms with E-state index in [0.29, 0.717) is 18.6 Å². The number of nitrogens with zero attached hydrogens (tertiary/aromatic N) is 2. The summed E-state index contributed by atoms with van der Waals surface area (Å²) in [4.78, 5) is 16.9. The second-order valence-corrected chi connectivity index (χ2v) is 7.05. The molecule has 0 bridgehead atoms. The Kier molecular flexibility index (Phi) is 6.49. The van der Waals surface area contributed by atoms with Crippen molar-refractivity contribution in [3.63, 3.8) is 0 Å². The first-order valence-corrected chi connectivity index (χ1v) is 8.72. The zero-order valence-electron chi connectivity index (χ0n) is 13.8. The van der Waals surface area contributed by atoms with Crippen molar-refractivity contribution in [2.75, 3.05) is 26.7 Å². The molecule has 0 saturated heterocycles. The number of aliphatic hydroxyl groups excluding tert-OH is 1. The number of rotatable bonds is 7. The van der Waals surface area contributed by atoms with Gasteiger partial charge in [-0.3, -0.25) is 9.69 Å². The predicted octanol–water partition coefficient (Wildman–Crippen LogP) is 2.26. The van der Waals surface area contributed by atoms with Crippen molar-refractivity contribution >= 4 is 5.91 Å². The summed E-state index contributed by atoms with van der Waals surface area (Å²) in [5.41, 5.74) is 0. The summed E-state index contributed by atoms with van der Waals surface area (Å²) in [6.07, 6.45) is 9.29. The summed E-state index contributed by atoms with van der Waals surface area (Å²) >= 11 is 0. The Bertz CT molecular complexity index is 323. The quantitative estimate of drug-likeness (QED) is 0.784. The molecule has 2 saturated carbocycles. The van der Waals surface area contributed by atoms with Crippen molar-refractivity contribution < 1.29 is 9.90 Å². The van der Waals surface area contributed by atoms with E-state index in [1.54, 1.807) is 0 Å². The van der Waals surface area contributed by atoms with E-state index in [4.69, 9.17) is 5.11 Å². The van der Waals surface area contributed by atoms with Gasteiger partial charge in [-0.05, 0) is 50.9 Å².